The average molecular weight is 216 g/mol. The molecule has 1 aromatic rings. The molecule has 14 heavy (non-hydrogen) atoms. The van der Waals surface area contributed by atoms with E-state index in [0.29, 0.717) is 10.6 Å². The molecule has 1 unspecified atom stereocenters. The normalized spacial score (nSPS) is 15.6. The van der Waals surface area contributed by atoms with E-state index in [-0.39, 0.29) is 12.5 Å². The SMILES string of the molecule is CC(C)C(F)(CN)c1ccccc1Cl. The topological polar surface area (TPSA) is 26.0 Å². The van der Waals surface area contributed by atoms with Gasteiger partial charge < -0.3 is 5.73 Å². The summed E-state index contributed by atoms with van der Waals surface area (Å²) in [5, 5.41) is 0.439. The Bertz CT molecular complexity index is 314. The zero-order chi connectivity index (χ0) is 10.8. The third-order valence-corrected chi connectivity index (χ3v) is 2.86. The molecule has 2 N–H and O–H groups in total. The van der Waals surface area contributed by atoms with Crippen LogP contribution in [0.2, 0.25) is 5.02 Å². The molecule has 78 valence electrons. The fourth-order valence-electron chi connectivity index (χ4n) is 1.45. The minimum absolute atomic E-state index is 0.0472. The summed E-state index contributed by atoms with van der Waals surface area (Å²) in [7, 11) is 0. The van der Waals surface area contributed by atoms with Gasteiger partial charge in [0.25, 0.3) is 0 Å². The Morgan fingerprint density at radius 2 is 2.00 bits per heavy atom. The van der Waals surface area contributed by atoms with E-state index in [1.807, 2.05) is 0 Å². The van der Waals surface area contributed by atoms with Crippen LogP contribution in [0.15, 0.2) is 24.3 Å². The molecule has 0 saturated heterocycles. The summed E-state index contributed by atoms with van der Waals surface area (Å²) in [6.45, 7) is 3.56. The second-order valence-corrected chi connectivity index (χ2v) is 4.11. The molecule has 0 saturated carbocycles. The van der Waals surface area contributed by atoms with Crippen molar-refractivity contribution in [2.24, 2.45) is 11.7 Å². The Balaban J connectivity index is 3.19. The summed E-state index contributed by atoms with van der Waals surface area (Å²) in [4.78, 5) is 0. The number of halogens is 2. The molecule has 1 atom stereocenters. The lowest BCUT2D eigenvalue weighted by Crippen LogP contribution is -2.35. The van der Waals surface area contributed by atoms with Gasteiger partial charge in [0.15, 0.2) is 5.67 Å². The first-order chi connectivity index (χ1) is 6.52. The molecule has 0 aromatic heterocycles. The zero-order valence-corrected chi connectivity index (χ0v) is 9.18. The maximum absolute atomic E-state index is 14.4. The maximum Gasteiger partial charge on any atom is 0.151 e. The van der Waals surface area contributed by atoms with Crippen molar-refractivity contribution < 1.29 is 4.39 Å². The van der Waals surface area contributed by atoms with Crippen molar-refractivity contribution in [2.75, 3.05) is 6.54 Å². The molecule has 1 rings (SSSR count). The van der Waals surface area contributed by atoms with Crippen molar-refractivity contribution in [3.63, 3.8) is 0 Å². The van der Waals surface area contributed by atoms with Gasteiger partial charge in [0.2, 0.25) is 0 Å². The van der Waals surface area contributed by atoms with Gasteiger partial charge in [0, 0.05) is 17.1 Å². The first kappa shape index (κ1) is 11.5. The molecule has 1 aromatic carbocycles. The Kier molecular flexibility index (Phi) is 3.51. The molecular formula is C11H15ClFN. The molecule has 0 fully saturated rings. The van der Waals surface area contributed by atoms with E-state index in [1.165, 1.54) is 0 Å². The van der Waals surface area contributed by atoms with Crippen LogP contribution < -0.4 is 5.73 Å². The average Bonchev–Trinajstić information content (AvgIpc) is 2.17. The van der Waals surface area contributed by atoms with E-state index >= 15 is 0 Å². The lowest BCUT2D eigenvalue weighted by atomic mass is 9.85. The second kappa shape index (κ2) is 4.28. The van der Waals surface area contributed by atoms with Crippen molar-refractivity contribution >= 4 is 11.6 Å². The Morgan fingerprint density at radius 1 is 1.43 bits per heavy atom. The molecule has 0 amide bonds. The lowest BCUT2D eigenvalue weighted by molar-refractivity contribution is 0.109. The number of benzene rings is 1. The van der Waals surface area contributed by atoms with Crippen LogP contribution in [0.4, 0.5) is 4.39 Å². The molecule has 0 aliphatic rings. The third-order valence-electron chi connectivity index (χ3n) is 2.53. The number of hydrogen-bond donors (Lipinski definition) is 1. The van der Waals surface area contributed by atoms with Crippen molar-refractivity contribution in [1.29, 1.82) is 0 Å². The smallest absolute Gasteiger partial charge is 0.151 e. The second-order valence-electron chi connectivity index (χ2n) is 3.70. The van der Waals surface area contributed by atoms with Gasteiger partial charge in [0.05, 0.1) is 0 Å². The molecule has 3 heteroatoms. The first-order valence-corrected chi connectivity index (χ1v) is 5.04. The van der Waals surface area contributed by atoms with Crippen LogP contribution >= 0.6 is 11.6 Å². The highest BCUT2D eigenvalue weighted by Gasteiger charge is 2.35. The highest BCUT2D eigenvalue weighted by atomic mass is 35.5. The number of rotatable bonds is 3. The van der Waals surface area contributed by atoms with Crippen LogP contribution in [0.25, 0.3) is 0 Å². The van der Waals surface area contributed by atoms with Gasteiger partial charge in [-0.15, -0.1) is 0 Å². The standard InChI is InChI=1S/C11H15ClFN/c1-8(2)11(13,7-14)9-5-3-4-6-10(9)12/h3-6,8H,7,14H2,1-2H3. The van der Waals surface area contributed by atoms with Crippen LogP contribution in [0, 0.1) is 5.92 Å². The van der Waals surface area contributed by atoms with E-state index in [2.05, 4.69) is 0 Å². The van der Waals surface area contributed by atoms with E-state index in [1.54, 1.807) is 38.1 Å². The number of hydrogen-bond acceptors (Lipinski definition) is 1. The summed E-state index contributed by atoms with van der Waals surface area (Å²) in [6, 6.07) is 6.93. The first-order valence-electron chi connectivity index (χ1n) is 4.66. The molecule has 0 heterocycles. The van der Waals surface area contributed by atoms with Gasteiger partial charge in [-0.05, 0) is 12.0 Å². The van der Waals surface area contributed by atoms with Gasteiger partial charge in [-0.1, -0.05) is 43.6 Å². The van der Waals surface area contributed by atoms with Crippen LogP contribution in [-0.2, 0) is 5.67 Å². The molecule has 0 bridgehead atoms. The molecule has 0 radical (unpaired) electrons. The van der Waals surface area contributed by atoms with Crippen LogP contribution in [0.1, 0.15) is 19.4 Å². The number of nitrogens with two attached hydrogens (primary N) is 1. The van der Waals surface area contributed by atoms with E-state index in [4.69, 9.17) is 17.3 Å². The fraction of sp³-hybridized carbons (Fsp3) is 0.455. The van der Waals surface area contributed by atoms with Crippen molar-refractivity contribution in [1.82, 2.24) is 0 Å². The highest BCUT2D eigenvalue weighted by Crippen LogP contribution is 2.36. The summed E-state index contributed by atoms with van der Waals surface area (Å²) in [5.74, 6) is -0.188. The largest absolute Gasteiger partial charge is 0.327 e. The van der Waals surface area contributed by atoms with Gasteiger partial charge in [-0.3, -0.25) is 0 Å². The highest BCUT2D eigenvalue weighted by molar-refractivity contribution is 6.31. The van der Waals surface area contributed by atoms with Crippen molar-refractivity contribution in [3.8, 4) is 0 Å². The third kappa shape index (κ3) is 1.91. The summed E-state index contributed by atoms with van der Waals surface area (Å²) in [6.07, 6.45) is 0. The van der Waals surface area contributed by atoms with Crippen LogP contribution in [0.3, 0.4) is 0 Å². The number of alkyl halides is 1. The van der Waals surface area contributed by atoms with Crippen molar-refractivity contribution in [3.05, 3.63) is 34.9 Å². The molecule has 0 spiro atoms. The summed E-state index contributed by atoms with van der Waals surface area (Å²) < 4.78 is 14.4. The van der Waals surface area contributed by atoms with E-state index in [9.17, 15) is 4.39 Å². The van der Waals surface area contributed by atoms with Crippen LogP contribution in [-0.4, -0.2) is 6.54 Å². The Morgan fingerprint density at radius 3 is 2.43 bits per heavy atom. The minimum Gasteiger partial charge on any atom is -0.327 e. The lowest BCUT2D eigenvalue weighted by Gasteiger charge is -2.29. The van der Waals surface area contributed by atoms with Gasteiger partial charge in [-0.2, -0.15) is 0 Å². The summed E-state index contributed by atoms with van der Waals surface area (Å²) >= 11 is 5.94. The minimum atomic E-state index is -1.53. The molecule has 0 aliphatic heterocycles. The van der Waals surface area contributed by atoms with E-state index < -0.39 is 5.67 Å². The predicted octanol–water partition coefficient (Wildman–Crippen LogP) is 3.12. The molecule has 0 aliphatic carbocycles. The molecular weight excluding hydrogens is 201 g/mol. The fourth-order valence-corrected chi connectivity index (χ4v) is 1.75. The zero-order valence-electron chi connectivity index (χ0n) is 8.43. The Labute approximate surface area is 89.1 Å². The van der Waals surface area contributed by atoms with Gasteiger partial charge in [-0.25, -0.2) is 4.39 Å². The summed E-state index contributed by atoms with van der Waals surface area (Å²) in [5.41, 5.74) is 4.43. The van der Waals surface area contributed by atoms with Crippen molar-refractivity contribution in [2.45, 2.75) is 19.5 Å². The maximum atomic E-state index is 14.4. The Hall–Kier alpha value is -0.600. The van der Waals surface area contributed by atoms with Crippen LogP contribution in [0.5, 0.6) is 0 Å². The quantitative estimate of drug-likeness (QED) is 0.824. The predicted molar refractivity (Wildman–Crippen MR) is 58.1 cm³/mol. The monoisotopic (exact) mass is 215 g/mol. The van der Waals surface area contributed by atoms with Gasteiger partial charge in [0.1, 0.15) is 0 Å². The molecule has 1 nitrogen and oxygen atoms in total. The van der Waals surface area contributed by atoms with Gasteiger partial charge >= 0.3 is 0 Å². The van der Waals surface area contributed by atoms with E-state index in [0.717, 1.165) is 0 Å².